The smallest absolute Gasteiger partial charge is 0.0675 e. The average Bonchev–Trinajstić information content (AvgIpc) is 2.43. The van der Waals surface area contributed by atoms with Crippen LogP contribution in [-0.2, 0) is 7.05 Å². The second kappa shape index (κ2) is 3.42. The Morgan fingerprint density at radius 2 is 1.87 bits per heavy atom. The Kier molecular flexibility index (Phi) is 2.23. The maximum atomic E-state index is 5.96. The van der Waals surface area contributed by atoms with Gasteiger partial charge < -0.3 is 5.73 Å². The van der Waals surface area contributed by atoms with Crippen LogP contribution in [0.5, 0.6) is 0 Å². The van der Waals surface area contributed by atoms with Crippen molar-refractivity contribution in [1.82, 2.24) is 9.78 Å². The van der Waals surface area contributed by atoms with Crippen molar-refractivity contribution in [3.05, 3.63) is 35.7 Å². The Morgan fingerprint density at radius 3 is 2.40 bits per heavy atom. The van der Waals surface area contributed by atoms with E-state index in [1.54, 1.807) is 0 Å². The van der Waals surface area contributed by atoms with Gasteiger partial charge in [-0.2, -0.15) is 5.10 Å². The lowest BCUT2D eigenvalue weighted by Gasteiger charge is -2.05. The number of para-hydroxylation sites is 1. The lowest BCUT2D eigenvalue weighted by Crippen LogP contribution is -1.94. The molecule has 0 aliphatic carbocycles. The Hall–Kier alpha value is -1.77. The molecule has 1 heterocycles. The van der Waals surface area contributed by atoms with E-state index in [-0.39, 0.29) is 0 Å². The number of aryl methyl sites for hydroxylation is 2. The first kappa shape index (κ1) is 9.77. The van der Waals surface area contributed by atoms with Gasteiger partial charge in [-0.15, -0.1) is 0 Å². The van der Waals surface area contributed by atoms with Crippen molar-refractivity contribution in [2.24, 2.45) is 7.05 Å². The van der Waals surface area contributed by atoms with Crippen molar-refractivity contribution in [3.8, 4) is 11.1 Å². The van der Waals surface area contributed by atoms with E-state index in [0.29, 0.717) is 0 Å². The standard InChI is InChI=1S/C12H15N3/c1-8-12(9(2)15(3)14-8)10-6-4-5-7-11(10)13/h4-7H,13H2,1-3H3. The molecule has 1 aromatic heterocycles. The van der Waals surface area contributed by atoms with Crippen LogP contribution < -0.4 is 5.73 Å². The molecular weight excluding hydrogens is 186 g/mol. The molecule has 0 atom stereocenters. The summed E-state index contributed by atoms with van der Waals surface area (Å²) in [5, 5.41) is 4.39. The number of rotatable bonds is 1. The highest BCUT2D eigenvalue weighted by atomic mass is 15.3. The van der Waals surface area contributed by atoms with Gasteiger partial charge in [-0.1, -0.05) is 18.2 Å². The first-order valence-electron chi connectivity index (χ1n) is 4.96. The summed E-state index contributed by atoms with van der Waals surface area (Å²) in [6.07, 6.45) is 0. The van der Waals surface area contributed by atoms with E-state index in [9.17, 15) is 0 Å². The van der Waals surface area contributed by atoms with Gasteiger partial charge >= 0.3 is 0 Å². The van der Waals surface area contributed by atoms with Crippen LogP contribution in [0, 0.1) is 13.8 Å². The third-order valence-corrected chi connectivity index (χ3v) is 2.74. The van der Waals surface area contributed by atoms with Crippen LogP contribution in [0.25, 0.3) is 11.1 Å². The fraction of sp³-hybridized carbons (Fsp3) is 0.250. The van der Waals surface area contributed by atoms with Crippen LogP contribution in [0.15, 0.2) is 24.3 Å². The summed E-state index contributed by atoms with van der Waals surface area (Å²) in [6, 6.07) is 7.89. The van der Waals surface area contributed by atoms with Gasteiger partial charge in [0.25, 0.3) is 0 Å². The van der Waals surface area contributed by atoms with Crippen molar-refractivity contribution in [3.63, 3.8) is 0 Å². The molecule has 0 unspecified atom stereocenters. The summed E-state index contributed by atoms with van der Waals surface area (Å²) in [5.41, 5.74) is 11.1. The fourth-order valence-corrected chi connectivity index (χ4v) is 1.89. The second-order valence-corrected chi connectivity index (χ2v) is 3.76. The van der Waals surface area contributed by atoms with Gasteiger partial charge in [0, 0.05) is 29.6 Å². The minimum atomic E-state index is 0.803. The Bertz CT molecular complexity index is 498. The molecule has 0 saturated carbocycles. The van der Waals surface area contributed by atoms with Crippen LogP contribution in [-0.4, -0.2) is 9.78 Å². The maximum Gasteiger partial charge on any atom is 0.0675 e. The molecule has 3 heteroatoms. The summed E-state index contributed by atoms with van der Waals surface area (Å²) < 4.78 is 1.89. The number of nitrogen functional groups attached to an aromatic ring is 1. The predicted octanol–water partition coefficient (Wildman–Crippen LogP) is 2.29. The number of hydrogen-bond acceptors (Lipinski definition) is 2. The van der Waals surface area contributed by atoms with E-state index in [2.05, 4.69) is 12.0 Å². The molecule has 2 aromatic rings. The molecule has 0 radical (unpaired) electrons. The first-order chi connectivity index (χ1) is 7.11. The van der Waals surface area contributed by atoms with E-state index < -0.39 is 0 Å². The molecule has 0 saturated heterocycles. The zero-order valence-corrected chi connectivity index (χ0v) is 9.28. The summed E-state index contributed by atoms with van der Waals surface area (Å²) in [4.78, 5) is 0. The maximum absolute atomic E-state index is 5.96. The quantitative estimate of drug-likeness (QED) is 0.719. The van der Waals surface area contributed by atoms with Crippen molar-refractivity contribution < 1.29 is 0 Å². The number of anilines is 1. The van der Waals surface area contributed by atoms with Crippen molar-refractivity contribution in [2.75, 3.05) is 5.73 Å². The first-order valence-corrected chi connectivity index (χ1v) is 4.96. The fourth-order valence-electron chi connectivity index (χ4n) is 1.89. The molecule has 2 rings (SSSR count). The summed E-state index contributed by atoms with van der Waals surface area (Å²) in [7, 11) is 1.95. The minimum Gasteiger partial charge on any atom is -0.398 e. The van der Waals surface area contributed by atoms with Gasteiger partial charge in [-0.3, -0.25) is 4.68 Å². The number of benzene rings is 1. The van der Waals surface area contributed by atoms with Gasteiger partial charge in [0.1, 0.15) is 0 Å². The van der Waals surface area contributed by atoms with E-state index in [1.165, 1.54) is 0 Å². The number of aromatic nitrogens is 2. The Labute approximate surface area is 89.5 Å². The summed E-state index contributed by atoms with van der Waals surface area (Å²) >= 11 is 0. The molecule has 1 aromatic carbocycles. The molecule has 78 valence electrons. The van der Waals surface area contributed by atoms with E-state index in [0.717, 1.165) is 28.2 Å². The van der Waals surface area contributed by atoms with Crippen molar-refractivity contribution in [1.29, 1.82) is 0 Å². The van der Waals surface area contributed by atoms with Crippen LogP contribution in [0.2, 0.25) is 0 Å². The number of nitrogens with zero attached hydrogens (tertiary/aromatic N) is 2. The third-order valence-electron chi connectivity index (χ3n) is 2.74. The van der Waals surface area contributed by atoms with Crippen molar-refractivity contribution in [2.45, 2.75) is 13.8 Å². The van der Waals surface area contributed by atoms with Crippen LogP contribution >= 0.6 is 0 Å². The van der Waals surface area contributed by atoms with E-state index in [4.69, 9.17) is 5.73 Å². The second-order valence-electron chi connectivity index (χ2n) is 3.76. The molecule has 0 aliphatic heterocycles. The largest absolute Gasteiger partial charge is 0.398 e. The molecular formula is C12H15N3. The lowest BCUT2D eigenvalue weighted by molar-refractivity contribution is 0.731. The number of hydrogen-bond donors (Lipinski definition) is 1. The summed E-state index contributed by atoms with van der Waals surface area (Å²) in [6.45, 7) is 4.07. The van der Waals surface area contributed by atoms with Gasteiger partial charge in [-0.25, -0.2) is 0 Å². The molecule has 0 aliphatic rings. The molecule has 15 heavy (non-hydrogen) atoms. The molecule has 0 fully saturated rings. The zero-order valence-electron chi connectivity index (χ0n) is 9.28. The lowest BCUT2D eigenvalue weighted by atomic mass is 10.0. The SMILES string of the molecule is Cc1nn(C)c(C)c1-c1ccccc1N. The molecule has 0 bridgehead atoms. The van der Waals surface area contributed by atoms with Gasteiger partial charge in [0.05, 0.1) is 5.69 Å². The highest BCUT2D eigenvalue weighted by molar-refractivity contribution is 5.79. The van der Waals surface area contributed by atoms with Gasteiger partial charge in [-0.05, 0) is 19.9 Å². The minimum absolute atomic E-state index is 0.803. The van der Waals surface area contributed by atoms with E-state index in [1.807, 2.05) is 42.9 Å². The van der Waals surface area contributed by atoms with Crippen LogP contribution in [0.4, 0.5) is 5.69 Å². The van der Waals surface area contributed by atoms with Gasteiger partial charge in [0.2, 0.25) is 0 Å². The Morgan fingerprint density at radius 1 is 1.20 bits per heavy atom. The highest BCUT2D eigenvalue weighted by Crippen LogP contribution is 2.30. The Balaban J connectivity index is 2.69. The van der Waals surface area contributed by atoms with Crippen LogP contribution in [0.3, 0.4) is 0 Å². The van der Waals surface area contributed by atoms with Crippen molar-refractivity contribution >= 4 is 5.69 Å². The number of nitrogens with two attached hydrogens (primary N) is 1. The molecule has 0 amide bonds. The topological polar surface area (TPSA) is 43.8 Å². The van der Waals surface area contributed by atoms with Gasteiger partial charge in [0.15, 0.2) is 0 Å². The molecule has 3 nitrogen and oxygen atoms in total. The molecule has 0 spiro atoms. The zero-order chi connectivity index (χ0) is 11.0. The molecule has 2 N–H and O–H groups in total. The predicted molar refractivity (Wildman–Crippen MR) is 62.5 cm³/mol. The monoisotopic (exact) mass is 201 g/mol. The normalized spacial score (nSPS) is 10.6. The van der Waals surface area contributed by atoms with Crippen LogP contribution in [0.1, 0.15) is 11.4 Å². The third kappa shape index (κ3) is 1.50. The highest BCUT2D eigenvalue weighted by Gasteiger charge is 2.12. The average molecular weight is 201 g/mol. The summed E-state index contributed by atoms with van der Waals surface area (Å²) in [5.74, 6) is 0. The van der Waals surface area contributed by atoms with E-state index >= 15 is 0 Å².